The molecule has 0 saturated carbocycles. The van der Waals surface area contributed by atoms with Gasteiger partial charge in [-0.1, -0.05) is 44.2 Å². The fourth-order valence-corrected chi connectivity index (χ4v) is 1.89. The Morgan fingerprint density at radius 2 is 1.56 bits per heavy atom. The van der Waals surface area contributed by atoms with Gasteiger partial charge >= 0.3 is 0 Å². The van der Waals surface area contributed by atoms with Crippen LogP contribution in [0.3, 0.4) is 0 Å². The van der Waals surface area contributed by atoms with E-state index in [0.717, 1.165) is 12.2 Å². The number of hydrogen-bond donors (Lipinski definition) is 2. The summed E-state index contributed by atoms with van der Waals surface area (Å²) in [7, 11) is 0. The van der Waals surface area contributed by atoms with Gasteiger partial charge in [0.25, 0.3) is 0 Å². The molecule has 0 amide bonds. The SMILES string of the molecule is CC(C)(CNc1ccccc1)c1ccc(O)cc1. The molecule has 0 atom stereocenters. The predicted octanol–water partition coefficient (Wildman–Crippen LogP) is 3.78. The Balaban J connectivity index is 2.05. The number of hydrogen-bond acceptors (Lipinski definition) is 2. The summed E-state index contributed by atoms with van der Waals surface area (Å²) in [6.07, 6.45) is 0. The first-order valence-electron chi connectivity index (χ1n) is 6.16. The molecule has 0 spiro atoms. The Kier molecular flexibility index (Phi) is 3.56. The van der Waals surface area contributed by atoms with E-state index in [2.05, 4.69) is 31.3 Å². The van der Waals surface area contributed by atoms with Crippen molar-refractivity contribution in [1.82, 2.24) is 0 Å². The number of benzene rings is 2. The summed E-state index contributed by atoms with van der Waals surface area (Å²) in [6.45, 7) is 5.23. The smallest absolute Gasteiger partial charge is 0.115 e. The van der Waals surface area contributed by atoms with Crippen LogP contribution >= 0.6 is 0 Å². The van der Waals surface area contributed by atoms with Gasteiger partial charge in [-0.3, -0.25) is 0 Å². The van der Waals surface area contributed by atoms with Gasteiger partial charge in [0, 0.05) is 17.6 Å². The zero-order valence-corrected chi connectivity index (χ0v) is 10.9. The number of rotatable bonds is 4. The van der Waals surface area contributed by atoms with Crippen molar-refractivity contribution >= 4 is 5.69 Å². The van der Waals surface area contributed by atoms with Gasteiger partial charge in [-0.05, 0) is 29.8 Å². The molecule has 2 aromatic carbocycles. The highest BCUT2D eigenvalue weighted by Crippen LogP contribution is 2.25. The van der Waals surface area contributed by atoms with Crippen molar-refractivity contribution in [2.45, 2.75) is 19.3 Å². The average molecular weight is 241 g/mol. The van der Waals surface area contributed by atoms with Gasteiger partial charge in [-0.25, -0.2) is 0 Å². The maximum Gasteiger partial charge on any atom is 0.115 e. The van der Waals surface area contributed by atoms with Gasteiger partial charge in [-0.15, -0.1) is 0 Å². The molecule has 0 radical (unpaired) electrons. The van der Waals surface area contributed by atoms with Crippen LogP contribution in [0.5, 0.6) is 5.75 Å². The standard InChI is InChI=1S/C16H19NO/c1-16(2,13-8-10-15(18)11-9-13)12-17-14-6-4-3-5-7-14/h3-11,17-18H,12H2,1-2H3. The largest absolute Gasteiger partial charge is 0.508 e. The molecule has 2 heteroatoms. The quantitative estimate of drug-likeness (QED) is 0.853. The van der Waals surface area contributed by atoms with E-state index in [1.165, 1.54) is 5.56 Å². The Morgan fingerprint density at radius 1 is 0.944 bits per heavy atom. The third-order valence-electron chi connectivity index (χ3n) is 3.16. The topological polar surface area (TPSA) is 32.3 Å². The first-order chi connectivity index (χ1) is 8.58. The summed E-state index contributed by atoms with van der Waals surface area (Å²) in [5.41, 5.74) is 2.36. The van der Waals surface area contributed by atoms with Crippen LogP contribution in [0.1, 0.15) is 19.4 Å². The second-order valence-corrected chi connectivity index (χ2v) is 5.15. The van der Waals surface area contributed by atoms with Crippen LogP contribution in [0.15, 0.2) is 54.6 Å². The zero-order chi connectivity index (χ0) is 13.0. The van der Waals surface area contributed by atoms with Gasteiger partial charge in [0.15, 0.2) is 0 Å². The Labute approximate surface area is 108 Å². The second kappa shape index (κ2) is 5.13. The lowest BCUT2D eigenvalue weighted by atomic mass is 9.84. The van der Waals surface area contributed by atoms with Crippen molar-refractivity contribution in [3.05, 3.63) is 60.2 Å². The summed E-state index contributed by atoms with van der Waals surface area (Å²) in [5.74, 6) is 0.311. The lowest BCUT2D eigenvalue weighted by molar-refractivity contribution is 0.473. The molecule has 2 aromatic rings. The van der Waals surface area contributed by atoms with Crippen molar-refractivity contribution < 1.29 is 5.11 Å². The van der Waals surface area contributed by atoms with Gasteiger partial charge in [0.05, 0.1) is 0 Å². The van der Waals surface area contributed by atoms with E-state index in [1.54, 1.807) is 12.1 Å². The Bertz CT molecular complexity index is 488. The summed E-state index contributed by atoms with van der Waals surface area (Å²) in [5, 5.41) is 12.8. The molecule has 0 aliphatic rings. The molecule has 2 nitrogen and oxygen atoms in total. The van der Waals surface area contributed by atoms with Crippen molar-refractivity contribution in [2.75, 3.05) is 11.9 Å². The Hall–Kier alpha value is -1.96. The number of para-hydroxylation sites is 1. The van der Waals surface area contributed by atoms with Crippen LogP contribution in [-0.4, -0.2) is 11.7 Å². The molecule has 18 heavy (non-hydrogen) atoms. The van der Waals surface area contributed by atoms with Crippen LogP contribution in [-0.2, 0) is 5.41 Å². The lowest BCUT2D eigenvalue weighted by Crippen LogP contribution is -2.27. The highest BCUT2D eigenvalue weighted by atomic mass is 16.3. The maximum absolute atomic E-state index is 9.31. The fraction of sp³-hybridized carbons (Fsp3) is 0.250. The van der Waals surface area contributed by atoms with E-state index >= 15 is 0 Å². The summed E-state index contributed by atoms with van der Waals surface area (Å²) in [6, 6.07) is 17.6. The molecule has 0 bridgehead atoms. The summed E-state index contributed by atoms with van der Waals surface area (Å²) >= 11 is 0. The van der Waals surface area contributed by atoms with Crippen molar-refractivity contribution in [2.24, 2.45) is 0 Å². The molecular weight excluding hydrogens is 222 g/mol. The maximum atomic E-state index is 9.31. The molecule has 0 aromatic heterocycles. The van der Waals surface area contributed by atoms with E-state index in [1.807, 2.05) is 30.3 Å². The number of anilines is 1. The molecule has 94 valence electrons. The highest BCUT2D eigenvalue weighted by molar-refractivity contribution is 5.43. The van der Waals surface area contributed by atoms with Gasteiger partial charge < -0.3 is 10.4 Å². The number of aromatic hydroxyl groups is 1. The van der Waals surface area contributed by atoms with Crippen molar-refractivity contribution in [3.8, 4) is 5.75 Å². The summed E-state index contributed by atoms with van der Waals surface area (Å²) in [4.78, 5) is 0. The first kappa shape index (κ1) is 12.5. The van der Waals surface area contributed by atoms with Gasteiger partial charge in [0.1, 0.15) is 5.75 Å². The van der Waals surface area contributed by atoms with Crippen LogP contribution in [0.4, 0.5) is 5.69 Å². The van der Waals surface area contributed by atoms with Gasteiger partial charge in [0.2, 0.25) is 0 Å². The lowest BCUT2D eigenvalue weighted by Gasteiger charge is -2.26. The van der Waals surface area contributed by atoms with E-state index < -0.39 is 0 Å². The molecule has 0 aliphatic heterocycles. The van der Waals surface area contributed by atoms with Gasteiger partial charge in [-0.2, -0.15) is 0 Å². The minimum atomic E-state index is 0.0174. The highest BCUT2D eigenvalue weighted by Gasteiger charge is 2.20. The zero-order valence-electron chi connectivity index (χ0n) is 10.9. The third-order valence-corrected chi connectivity index (χ3v) is 3.16. The number of phenolic OH excluding ortho intramolecular Hbond substituents is 1. The average Bonchev–Trinajstić information content (AvgIpc) is 2.38. The molecule has 2 rings (SSSR count). The van der Waals surface area contributed by atoms with Crippen LogP contribution < -0.4 is 5.32 Å². The molecule has 0 unspecified atom stereocenters. The minimum absolute atomic E-state index is 0.0174. The second-order valence-electron chi connectivity index (χ2n) is 5.15. The number of nitrogens with one attached hydrogen (secondary N) is 1. The van der Waals surface area contributed by atoms with Crippen LogP contribution in [0.25, 0.3) is 0 Å². The molecule has 2 N–H and O–H groups in total. The monoisotopic (exact) mass is 241 g/mol. The fourth-order valence-electron chi connectivity index (χ4n) is 1.89. The molecular formula is C16H19NO. The number of phenols is 1. The van der Waals surface area contributed by atoms with Crippen molar-refractivity contribution in [3.63, 3.8) is 0 Å². The molecule has 0 aliphatic carbocycles. The van der Waals surface area contributed by atoms with E-state index in [0.29, 0.717) is 5.75 Å². The van der Waals surface area contributed by atoms with Crippen LogP contribution in [0.2, 0.25) is 0 Å². The minimum Gasteiger partial charge on any atom is -0.508 e. The normalized spacial score (nSPS) is 11.2. The third kappa shape index (κ3) is 3.04. The van der Waals surface area contributed by atoms with Crippen molar-refractivity contribution in [1.29, 1.82) is 0 Å². The predicted molar refractivity (Wildman–Crippen MR) is 76.1 cm³/mol. The molecule has 0 fully saturated rings. The van der Waals surface area contributed by atoms with E-state index in [4.69, 9.17) is 0 Å². The first-order valence-corrected chi connectivity index (χ1v) is 6.16. The van der Waals surface area contributed by atoms with Crippen LogP contribution in [0, 0.1) is 0 Å². The van der Waals surface area contributed by atoms with E-state index in [-0.39, 0.29) is 5.41 Å². The van der Waals surface area contributed by atoms with E-state index in [9.17, 15) is 5.11 Å². The molecule has 0 saturated heterocycles. The summed E-state index contributed by atoms with van der Waals surface area (Å²) < 4.78 is 0. The molecule has 0 heterocycles. The Morgan fingerprint density at radius 3 is 2.17 bits per heavy atom.